The fourth-order valence-electron chi connectivity index (χ4n) is 2.63. The summed E-state index contributed by atoms with van der Waals surface area (Å²) in [5.41, 5.74) is 3.56. The molecule has 1 heterocycles. The minimum absolute atomic E-state index is 0.0794. The first-order valence-electron chi connectivity index (χ1n) is 9.81. The highest BCUT2D eigenvalue weighted by atomic mass is 16.6. The second kappa shape index (κ2) is 11.0. The first kappa shape index (κ1) is 22.9. The molecule has 0 unspecified atom stereocenters. The van der Waals surface area contributed by atoms with Crippen molar-refractivity contribution in [3.05, 3.63) is 112 Å². The minimum atomic E-state index is -0.664. The highest BCUT2D eigenvalue weighted by Crippen LogP contribution is 2.14. The molecule has 2 aromatic carbocycles. The number of nitrogens with one attached hydrogen (secondary N) is 2. The molecule has 0 saturated heterocycles. The van der Waals surface area contributed by atoms with Gasteiger partial charge in [-0.3, -0.25) is 19.7 Å². The van der Waals surface area contributed by atoms with Gasteiger partial charge in [-0.05, 0) is 67.1 Å². The van der Waals surface area contributed by atoms with Crippen molar-refractivity contribution in [2.75, 3.05) is 0 Å². The molecule has 0 radical (unpaired) electrons. The van der Waals surface area contributed by atoms with E-state index in [2.05, 4.69) is 15.8 Å². The van der Waals surface area contributed by atoms with E-state index in [1.54, 1.807) is 67.8 Å². The number of allylic oxidation sites excluding steroid dienone is 1. The Morgan fingerprint density at radius 3 is 2.39 bits per heavy atom. The molecule has 1 aromatic heterocycles. The van der Waals surface area contributed by atoms with Gasteiger partial charge in [0.05, 0.1) is 16.9 Å². The number of amides is 2. The molecule has 0 saturated carbocycles. The average Bonchev–Trinajstić information content (AvgIpc) is 3.35. The average molecular weight is 444 g/mol. The molecule has 9 heteroatoms. The van der Waals surface area contributed by atoms with Crippen LogP contribution in [0.1, 0.15) is 28.6 Å². The lowest BCUT2D eigenvalue weighted by atomic mass is 10.1. The molecular weight excluding hydrogens is 424 g/mol. The maximum absolute atomic E-state index is 12.8. The number of hydrogen-bond donors (Lipinski definition) is 2. The van der Waals surface area contributed by atoms with Crippen molar-refractivity contribution in [2.24, 2.45) is 5.10 Å². The number of nitro benzene ring substituents is 1. The van der Waals surface area contributed by atoms with Crippen LogP contribution in [0.3, 0.4) is 0 Å². The van der Waals surface area contributed by atoms with Gasteiger partial charge in [0.2, 0.25) is 0 Å². The second-order valence-corrected chi connectivity index (χ2v) is 6.77. The molecule has 2 amide bonds. The van der Waals surface area contributed by atoms with Crippen molar-refractivity contribution in [3.8, 4) is 0 Å². The van der Waals surface area contributed by atoms with Gasteiger partial charge in [-0.1, -0.05) is 18.2 Å². The minimum Gasteiger partial charge on any atom is -0.465 e. The Bertz CT molecular complexity index is 1210. The third-order valence-electron chi connectivity index (χ3n) is 4.31. The Morgan fingerprint density at radius 1 is 1.03 bits per heavy atom. The van der Waals surface area contributed by atoms with Gasteiger partial charge in [-0.25, -0.2) is 5.43 Å². The van der Waals surface area contributed by atoms with Crippen molar-refractivity contribution in [3.63, 3.8) is 0 Å². The number of furan rings is 1. The van der Waals surface area contributed by atoms with Crippen LogP contribution in [0.2, 0.25) is 0 Å². The Labute approximate surface area is 189 Å². The van der Waals surface area contributed by atoms with E-state index in [-0.39, 0.29) is 11.4 Å². The Balaban J connectivity index is 1.80. The maximum atomic E-state index is 12.8. The summed E-state index contributed by atoms with van der Waals surface area (Å²) in [6.07, 6.45) is 6.29. The van der Waals surface area contributed by atoms with Gasteiger partial charge in [0.15, 0.2) is 0 Å². The van der Waals surface area contributed by atoms with Crippen molar-refractivity contribution in [1.29, 1.82) is 0 Å². The molecule has 0 bridgehead atoms. The van der Waals surface area contributed by atoms with Gasteiger partial charge >= 0.3 is 0 Å². The molecular formula is C24H20N4O5. The zero-order chi connectivity index (χ0) is 23.6. The first-order valence-corrected chi connectivity index (χ1v) is 9.81. The van der Waals surface area contributed by atoms with Crippen molar-refractivity contribution < 1.29 is 18.9 Å². The van der Waals surface area contributed by atoms with Gasteiger partial charge in [0.25, 0.3) is 17.5 Å². The van der Waals surface area contributed by atoms with Crippen LogP contribution in [0.4, 0.5) is 5.69 Å². The number of carbonyl (C=O) groups is 2. The first-order chi connectivity index (χ1) is 15.9. The quantitative estimate of drug-likeness (QED) is 0.233. The molecule has 166 valence electrons. The van der Waals surface area contributed by atoms with Crippen molar-refractivity contribution in [2.45, 2.75) is 6.92 Å². The van der Waals surface area contributed by atoms with E-state index in [4.69, 9.17) is 4.42 Å². The third-order valence-corrected chi connectivity index (χ3v) is 4.31. The summed E-state index contributed by atoms with van der Waals surface area (Å²) < 4.78 is 5.20. The highest BCUT2D eigenvalue weighted by Gasteiger charge is 2.15. The summed E-state index contributed by atoms with van der Waals surface area (Å²) in [6.45, 7) is 1.68. The van der Waals surface area contributed by atoms with E-state index in [1.165, 1.54) is 30.3 Å². The van der Waals surface area contributed by atoms with E-state index in [0.717, 1.165) is 0 Å². The normalized spacial score (nSPS) is 11.9. The summed E-state index contributed by atoms with van der Waals surface area (Å²) in [5.74, 6) is -0.523. The Kier molecular flexibility index (Phi) is 7.63. The van der Waals surface area contributed by atoms with Crippen molar-refractivity contribution in [1.82, 2.24) is 10.7 Å². The predicted octanol–water partition coefficient (Wildman–Crippen LogP) is 4.16. The van der Waals surface area contributed by atoms with Gasteiger partial charge in [-0.15, -0.1) is 0 Å². The standard InChI is InChI=1S/C24H20N4O5/c1-17(9-14-21-8-5-15-33-21)26-27-24(30)22(25-23(29)19-6-3-2-4-7-19)16-18-10-12-20(13-11-18)28(31)32/h2-16H,1H3,(H,25,29)(H,27,30)/b14-9+,22-16-,26-17+. The predicted molar refractivity (Wildman–Crippen MR) is 124 cm³/mol. The van der Waals surface area contributed by atoms with Crippen LogP contribution >= 0.6 is 0 Å². The number of non-ortho nitro benzene ring substituents is 1. The number of nitrogens with zero attached hydrogens (tertiary/aromatic N) is 2. The summed E-state index contributed by atoms with van der Waals surface area (Å²) in [6, 6.07) is 17.5. The molecule has 2 N–H and O–H groups in total. The maximum Gasteiger partial charge on any atom is 0.287 e. The molecule has 9 nitrogen and oxygen atoms in total. The molecule has 0 atom stereocenters. The Morgan fingerprint density at radius 2 is 1.76 bits per heavy atom. The molecule has 3 aromatic rings. The lowest BCUT2D eigenvalue weighted by Crippen LogP contribution is -2.33. The fourth-order valence-corrected chi connectivity index (χ4v) is 2.63. The van der Waals surface area contributed by atoms with Crippen LogP contribution in [-0.2, 0) is 4.79 Å². The molecule has 0 aliphatic rings. The Hall–Kier alpha value is -4.79. The SMILES string of the molecule is CC(/C=C/c1ccco1)=N\NC(=O)/C(=C/c1ccc([N+](=O)[O-])cc1)NC(=O)c1ccccc1. The molecule has 3 rings (SSSR count). The number of benzene rings is 2. The molecule has 0 aliphatic heterocycles. The molecule has 0 aliphatic carbocycles. The van der Waals surface area contributed by atoms with Gasteiger partial charge < -0.3 is 9.73 Å². The van der Waals surface area contributed by atoms with Crippen molar-refractivity contribution >= 4 is 35.4 Å². The van der Waals surface area contributed by atoms with Crippen LogP contribution in [0, 0.1) is 10.1 Å². The summed E-state index contributed by atoms with van der Waals surface area (Å²) >= 11 is 0. The van der Waals surface area contributed by atoms with E-state index >= 15 is 0 Å². The third kappa shape index (κ3) is 6.86. The van der Waals surface area contributed by atoms with Crippen LogP contribution in [0.25, 0.3) is 12.2 Å². The lowest BCUT2D eigenvalue weighted by molar-refractivity contribution is -0.384. The number of hydrazone groups is 1. The molecule has 0 spiro atoms. The lowest BCUT2D eigenvalue weighted by Gasteiger charge is -2.09. The van der Waals surface area contributed by atoms with E-state index < -0.39 is 16.7 Å². The summed E-state index contributed by atoms with van der Waals surface area (Å²) in [5, 5.41) is 17.4. The fraction of sp³-hybridized carbons (Fsp3) is 0.0417. The highest BCUT2D eigenvalue weighted by molar-refractivity contribution is 6.06. The van der Waals surface area contributed by atoms with Crippen LogP contribution in [0.5, 0.6) is 0 Å². The second-order valence-electron chi connectivity index (χ2n) is 6.77. The van der Waals surface area contributed by atoms with Gasteiger partial charge in [0.1, 0.15) is 11.5 Å². The smallest absolute Gasteiger partial charge is 0.287 e. The van der Waals surface area contributed by atoms with Gasteiger partial charge in [0, 0.05) is 17.7 Å². The van der Waals surface area contributed by atoms with E-state index in [9.17, 15) is 19.7 Å². The molecule has 33 heavy (non-hydrogen) atoms. The number of rotatable bonds is 8. The van der Waals surface area contributed by atoms with Crippen LogP contribution in [0.15, 0.2) is 94.3 Å². The van der Waals surface area contributed by atoms with E-state index in [0.29, 0.717) is 22.6 Å². The van der Waals surface area contributed by atoms with Gasteiger partial charge in [-0.2, -0.15) is 5.10 Å². The monoisotopic (exact) mass is 444 g/mol. The number of nitro groups is 1. The van der Waals surface area contributed by atoms with Crippen LogP contribution < -0.4 is 10.7 Å². The van der Waals surface area contributed by atoms with E-state index in [1.807, 2.05) is 0 Å². The zero-order valence-electron chi connectivity index (χ0n) is 17.6. The summed E-state index contributed by atoms with van der Waals surface area (Å²) in [7, 11) is 0. The zero-order valence-corrected chi connectivity index (χ0v) is 17.6. The topological polar surface area (TPSA) is 127 Å². The molecule has 0 fully saturated rings. The number of hydrogen-bond acceptors (Lipinski definition) is 6. The largest absolute Gasteiger partial charge is 0.465 e. The summed E-state index contributed by atoms with van der Waals surface area (Å²) in [4.78, 5) is 35.7. The van der Waals surface area contributed by atoms with Crippen LogP contribution in [-0.4, -0.2) is 22.4 Å². The number of carbonyl (C=O) groups excluding carboxylic acids is 2.